The fourth-order valence-electron chi connectivity index (χ4n) is 2.64. The first kappa shape index (κ1) is 16.9. The Morgan fingerprint density at radius 1 is 1.43 bits per heavy atom. The molecule has 2 heterocycles. The van der Waals surface area contributed by atoms with E-state index >= 15 is 0 Å². The number of aromatic nitrogens is 1. The molecule has 23 heavy (non-hydrogen) atoms. The summed E-state index contributed by atoms with van der Waals surface area (Å²) in [5.41, 5.74) is 1.75. The molecular formula is C18H22N2O3. The van der Waals surface area contributed by atoms with Gasteiger partial charge >= 0.3 is 5.97 Å². The van der Waals surface area contributed by atoms with Gasteiger partial charge in [0.05, 0.1) is 18.0 Å². The first-order chi connectivity index (χ1) is 11.2. The number of nitrogens with zero attached hydrogens (tertiary/aromatic N) is 1. The van der Waals surface area contributed by atoms with Gasteiger partial charge in [0.15, 0.2) is 0 Å². The van der Waals surface area contributed by atoms with E-state index in [-0.39, 0.29) is 23.5 Å². The number of H-pyrrole nitrogens is 1. The Morgan fingerprint density at radius 2 is 2.22 bits per heavy atom. The van der Waals surface area contributed by atoms with Crippen molar-refractivity contribution < 1.29 is 9.53 Å². The summed E-state index contributed by atoms with van der Waals surface area (Å²) in [6, 6.07) is 0. The monoisotopic (exact) mass is 314 g/mol. The summed E-state index contributed by atoms with van der Waals surface area (Å²) >= 11 is 0. The van der Waals surface area contributed by atoms with E-state index in [0.717, 1.165) is 18.6 Å². The summed E-state index contributed by atoms with van der Waals surface area (Å²) < 4.78 is 4.90. The summed E-state index contributed by atoms with van der Waals surface area (Å²) in [6.45, 7) is 5.95. The average Bonchev–Trinajstić information content (AvgIpc) is 2.82. The van der Waals surface area contributed by atoms with Gasteiger partial charge in [-0.25, -0.2) is 4.79 Å². The van der Waals surface area contributed by atoms with Crippen LogP contribution in [0.1, 0.15) is 55.2 Å². The zero-order chi connectivity index (χ0) is 16.8. The summed E-state index contributed by atoms with van der Waals surface area (Å²) in [5, 5.41) is 0. The largest absolute Gasteiger partial charge is 0.462 e. The smallest absolute Gasteiger partial charge is 0.343 e. The van der Waals surface area contributed by atoms with Crippen LogP contribution in [0.25, 0.3) is 6.08 Å². The third-order valence-electron chi connectivity index (χ3n) is 3.68. The molecule has 0 saturated heterocycles. The fourth-order valence-corrected chi connectivity index (χ4v) is 2.64. The third-order valence-corrected chi connectivity index (χ3v) is 3.68. The molecule has 1 aliphatic heterocycles. The van der Waals surface area contributed by atoms with Crippen molar-refractivity contribution in [2.24, 2.45) is 10.9 Å². The van der Waals surface area contributed by atoms with E-state index in [2.05, 4.69) is 9.98 Å². The summed E-state index contributed by atoms with van der Waals surface area (Å²) in [5.74, 6) is -0.392. The first-order valence-corrected chi connectivity index (χ1v) is 8.06. The van der Waals surface area contributed by atoms with Crippen LogP contribution in [0, 0.1) is 5.92 Å². The number of rotatable bonds is 2. The highest BCUT2D eigenvalue weighted by molar-refractivity contribution is 6.07. The molecule has 0 bridgehead atoms. The molecule has 1 aromatic rings. The number of fused-ring (bicyclic) bond motifs is 3. The second kappa shape index (κ2) is 7.72. The number of nitrogens with one attached hydrogen (secondary N) is 1. The summed E-state index contributed by atoms with van der Waals surface area (Å²) in [6.07, 6.45) is 10.9. The second-order valence-electron chi connectivity index (χ2n) is 4.98. The highest BCUT2D eigenvalue weighted by Crippen LogP contribution is 2.25. The predicted octanol–water partition coefficient (Wildman–Crippen LogP) is 3.32. The van der Waals surface area contributed by atoms with E-state index in [0.29, 0.717) is 11.3 Å². The normalized spacial score (nSPS) is 17.9. The van der Waals surface area contributed by atoms with Gasteiger partial charge in [0.2, 0.25) is 5.43 Å². The molecule has 0 saturated carbocycles. The van der Waals surface area contributed by atoms with Crippen molar-refractivity contribution in [1.82, 2.24) is 4.98 Å². The van der Waals surface area contributed by atoms with Crippen molar-refractivity contribution in [2.45, 2.75) is 33.6 Å². The van der Waals surface area contributed by atoms with Gasteiger partial charge in [-0.15, -0.1) is 0 Å². The maximum absolute atomic E-state index is 12.4. The molecule has 0 amide bonds. The molecule has 0 spiro atoms. The average molecular weight is 314 g/mol. The minimum absolute atomic E-state index is 0.0310. The molecule has 2 aliphatic rings. The fraction of sp³-hybridized carbons (Fsp3) is 0.389. The molecule has 1 aliphatic carbocycles. The van der Waals surface area contributed by atoms with Crippen molar-refractivity contribution in [3.63, 3.8) is 0 Å². The molecule has 0 radical (unpaired) electrons. The lowest BCUT2D eigenvalue weighted by atomic mass is 9.87. The zero-order valence-electron chi connectivity index (χ0n) is 13.8. The van der Waals surface area contributed by atoms with Crippen molar-refractivity contribution in [2.75, 3.05) is 6.61 Å². The SMILES string of the molecule is CC.CCOC(=O)c1c[nH]c2c(c1=O)C=CC1CCC=CN=C21. The minimum Gasteiger partial charge on any atom is -0.462 e. The lowest BCUT2D eigenvalue weighted by Gasteiger charge is -2.20. The summed E-state index contributed by atoms with van der Waals surface area (Å²) in [4.78, 5) is 31.7. The Kier molecular flexibility index (Phi) is 5.68. The van der Waals surface area contributed by atoms with Gasteiger partial charge in [0, 0.05) is 23.9 Å². The first-order valence-electron chi connectivity index (χ1n) is 8.06. The summed E-state index contributed by atoms with van der Waals surface area (Å²) in [7, 11) is 0. The van der Waals surface area contributed by atoms with Crippen LogP contribution in [0.4, 0.5) is 0 Å². The van der Waals surface area contributed by atoms with Crippen molar-refractivity contribution in [1.29, 1.82) is 0 Å². The van der Waals surface area contributed by atoms with Gasteiger partial charge in [0.1, 0.15) is 5.56 Å². The van der Waals surface area contributed by atoms with Crippen LogP contribution in [-0.2, 0) is 4.74 Å². The number of carbonyl (C=O) groups is 1. The van der Waals surface area contributed by atoms with Gasteiger partial charge in [0.25, 0.3) is 0 Å². The second-order valence-corrected chi connectivity index (χ2v) is 4.98. The van der Waals surface area contributed by atoms with Crippen LogP contribution in [0.2, 0.25) is 0 Å². The number of carbonyl (C=O) groups excluding carboxylic acids is 1. The number of hydrogen-bond donors (Lipinski definition) is 1. The van der Waals surface area contributed by atoms with E-state index in [1.807, 2.05) is 26.0 Å². The molecule has 1 unspecified atom stereocenters. The number of hydrogen-bond acceptors (Lipinski definition) is 4. The van der Waals surface area contributed by atoms with Gasteiger partial charge in [-0.1, -0.05) is 32.1 Å². The van der Waals surface area contributed by atoms with Gasteiger partial charge < -0.3 is 9.72 Å². The predicted molar refractivity (Wildman–Crippen MR) is 91.8 cm³/mol. The Hall–Kier alpha value is -2.43. The van der Waals surface area contributed by atoms with Crippen LogP contribution in [0.3, 0.4) is 0 Å². The van der Waals surface area contributed by atoms with E-state index in [1.54, 1.807) is 19.2 Å². The molecular weight excluding hydrogens is 292 g/mol. The highest BCUT2D eigenvalue weighted by atomic mass is 16.5. The van der Waals surface area contributed by atoms with Crippen LogP contribution >= 0.6 is 0 Å². The van der Waals surface area contributed by atoms with E-state index in [9.17, 15) is 9.59 Å². The Morgan fingerprint density at radius 3 is 2.96 bits per heavy atom. The van der Waals surface area contributed by atoms with Gasteiger partial charge in [-0.05, 0) is 19.8 Å². The molecule has 1 aromatic heterocycles. The van der Waals surface area contributed by atoms with Crippen molar-refractivity contribution >= 4 is 17.8 Å². The number of allylic oxidation sites excluding steroid dienone is 2. The van der Waals surface area contributed by atoms with Crippen molar-refractivity contribution in [3.8, 4) is 0 Å². The Bertz CT molecular complexity index is 726. The lowest BCUT2D eigenvalue weighted by Crippen LogP contribution is -2.28. The van der Waals surface area contributed by atoms with Crippen LogP contribution < -0.4 is 5.43 Å². The van der Waals surface area contributed by atoms with E-state index < -0.39 is 5.97 Å². The number of ether oxygens (including phenoxy) is 1. The zero-order valence-corrected chi connectivity index (χ0v) is 13.8. The van der Waals surface area contributed by atoms with Gasteiger partial charge in [-0.2, -0.15) is 0 Å². The maximum Gasteiger partial charge on any atom is 0.343 e. The molecule has 0 fully saturated rings. The Balaban J connectivity index is 0.000000924. The minimum atomic E-state index is -0.597. The number of aromatic amines is 1. The van der Waals surface area contributed by atoms with Crippen LogP contribution in [-0.4, -0.2) is 23.3 Å². The topological polar surface area (TPSA) is 71.5 Å². The molecule has 3 rings (SSSR count). The number of esters is 1. The van der Waals surface area contributed by atoms with E-state index in [4.69, 9.17) is 4.74 Å². The van der Waals surface area contributed by atoms with Gasteiger partial charge in [-0.3, -0.25) is 9.79 Å². The number of pyridine rings is 1. The quantitative estimate of drug-likeness (QED) is 0.851. The standard InChI is InChI=1S/C16H16N2O3.C2H6/c1-2-21-16(20)12-9-18-14-11(15(12)19)7-6-10-5-3-4-8-17-13(10)14;1-2/h4,6-10H,2-3,5H2,1H3,(H,18,19);1-2H3. The molecule has 1 atom stereocenters. The highest BCUT2D eigenvalue weighted by Gasteiger charge is 2.26. The molecule has 5 heteroatoms. The Labute approximate surface area is 135 Å². The number of aliphatic imine (C=N–C) groups is 1. The van der Waals surface area contributed by atoms with Crippen LogP contribution in [0.5, 0.6) is 0 Å². The molecule has 122 valence electrons. The van der Waals surface area contributed by atoms with E-state index in [1.165, 1.54) is 6.20 Å². The van der Waals surface area contributed by atoms with Crippen LogP contribution in [0.15, 0.2) is 34.3 Å². The maximum atomic E-state index is 12.4. The molecule has 0 aromatic carbocycles. The lowest BCUT2D eigenvalue weighted by molar-refractivity contribution is 0.0524. The molecule has 5 nitrogen and oxygen atoms in total. The molecule has 1 N–H and O–H groups in total. The van der Waals surface area contributed by atoms with Crippen molar-refractivity contribution in [3.05, 3.63) is 51.6 Å². The third kappa shape index (κ3) is 3.33.